The highest BCUT2D eigenvalue weighted by molar-refractivity contribution is 6.19. The topological polar surface area (TPSA) is 79.0 Å². The van der Waals surface area contributed by atoms with Crippen molar-refractivity contribution in [1.29, 1.82) is 0 Å². The smallest absolute Gasteiger partial charge is 0.329 e. The number of likely N-dealkylation sites (tertiary alicyclic amines) is 1. The third-order valence-corrected chi connectivity index (χ3v) is 4.70. The van der Waals surface area contributed by atoms with Crippen molar-refractivity contribution in [2.24, 2.45) is 5.41 Å². The van der Waals surface area contributed by atoms with Crippen LogP contribution in [-0.4, -0.2) is 48.5 Å². The fraction of sp³-hybridized carbons (Fsp3) is 0.526. The minimum absolute atomic E-state index is 0.0555. The van der Waals surface area contributed by atoms with Crippen molar-refractivity contribution in [1.82, 2.24) is 10.2 Å². The molecule has 0 spiro atoms. The van der Waals surface area contributed by atoms with Gasteiger partial charge in [0.1, 0.15) is 11.8 Å². The number of carbonyl (C=O) groups excluding carboxylic acids is 3. The van der Waals surface area contributed by atoms with E-state index in [4.69, 9.17) is 4.74 Å². The van der Waals surface area contributed by atoms with Gasteiger partial charge in [-0.25, -0.2) is 9.69 Å². The van der Waals surface area contributed by atoms with Crippen LogP contribution in [0.1, 0.15) is 33.6 Å². The average Bonchev–Trinajstić information content (AvgIpc) is 2.97. The number of fused-ring (bicyclic) bond motifs is 1. The van der Waals surface area contributed by atoms with E-state index in [0.717, 1.165) is 4.90 Å². The van der Waals surface area contributed by atoms with Crippen LogP contribution in [0.15, 0.2) is 24.3 Å². The highest BCUT2D eigenvalue weighted by Crippen LogP contribution is 2.31. The minimum Gasteiger partial charge on any atom is -0.497 e. The number of hydrogen-bond acceptors (Lipinski definition) is 4. The number of nitrogens with zero attached hydrogens (tertiary/aromatic N) is 2. The van der Waals surface area contributed by atoms with Crippen molar-refractivity contribution in [2.45, 2.75) is 45.7 Å². The molecule has 0 radical (unpaired) electrons. The zero-order valence-corrected chi connectivity index (χ0v) is 15.6. The maximum absolute atomic E-state index is 13.1. The highest BCUT2D eigenvalue weighted by Gasteiger charge is 2.50. The molecule has 0 saturated carbocycles. The molecule has 2 aliphatic heterocycles. The molecule has 0 aromatic heterocycles. The minimum atomic E-state index is -0.659. The third-order valence-electron chi connectivity index (χ3n) is 4.70. The number of rotatable bonds is 3. The molecule has 7 nitrogen and oxygen atoms in total. The molecule has 2 saturated heterocycles. The summed E-state index contributed by atoms with van der Waals surface area (Å²) < 4.78 is 5.18. The maximum atomic E-state index is 13.1. The number of benzene rings is 1. The Kier molecular flexibility index (Phi) is 4.64. The highest BCUT2D eigenvalue weighted by atomic mass is 16.5. The second-order valence-electron chi connectivity index (χ2n) is 7.99. The quantitative estimate of drug-likeness (QED) is 0.897. The number of anilines is 1. The Morgan fingerprint density at radius 2 is 2.04 bits per heavy atom. The second kappa shape index (κ2) is 6.63. The van der Waals surface area contributed by atoms with Crippen LogP contribution >= 0.6 is 0 Å². The first kappa shape index (κ1) is 18.2. The lowest BCUT2D eigenvalue weighted by Gasteiger charge is -2.37. The summed E-state index contributed by atoms with van der Waals surface area (Å²) in [5.41, 5.74) is 0.267. The number of hydrogen-bond donors (Lipinski definition) is 1. The van der Waals surface area contributed by atoms with Gasteiger partial charge in [0.25, 0.3) is 5.91 Å². The number of ether oxygens (including phenoxy) is 1. The maximum Gasteiger partial charge on any atom is 0.329 e. The Morgan fingerprint density at radius 3 is 2.69 bits per heavy atom. The van der Waals surface area contributed by atoms with Crippen LogP contribution in [0, 0.1) is 5.41 Å². The van der Waals surface area contributed by atoms with Crippen molar-refractivity contribution in [3.63, 3.8) is 0 Å². The van der Waals surface area contributed by atoms with Gasteiger partial charge < -0.3 is 15.0 Å². The first-order chi connectivity index (χ1) is 12.2. The molecule has 0 aliphatic carbocycles. The molecule has 26 heavy (non-hydrogen) atoms. The summed E-state index contributed by atoms with van der Waals surface area (Å²) in [7, 11) is 1.52. The zero-order valence-electron chi connectivity index (χ0n) is 15.6. The van der Waals surface area contributed by atoms with Gasteiger partial charge in [-0.3, -0.25) is 9.59 Å². The van der Waals surface area contributed by atoms with Crippen LogP contribution in [0.4, 0.5) is 10.5 Å². The van der Waals surface area contributed by atoms with E-state index < -0.39 is 12.1 Å². The van der Waals surface area contributed by atoms with Gasteiger partial charge in [-0.2, -0.15) is 0 Å². The normalized spacial score (nSPS) is 22.9. The summed E-state index contributed by atoms with van der Waals surface area (Å²) >= 11 is 0. The SMILES string of the molecule is COc1cccc(N2C(=O)N[C@@H]3CCN(C(=O)CC(C)(C)C)[C@@H]3C2=O)c1. The number of nitrogens with one attached hydrogen (secondary N) is 1. The van der Waals surface area contributed by atoms with E-state index in [1.807, 2.05) is 20.8 Å². The largest absolute Gasteiger partial charge is 0.497 e. The second-order valence-corrected chi connectivity index (χ2v) is 7.99. The third kappa shape index (κ3) is 3.38. The monoisotopic (exact) mass is 359 g/mol. The van der Waals surface area contributed by atoms with Gasteiger partial charge in [0, 0.05) is 19.0 Å². The lowest BCUT2D eigenvalue weighted by molar-refractivity contribution is -0.139. The fourth-order valence-electron chi connectivity index (χ4n) is 3.53. The van der Waals surface area contributed by atoms with Crippen LogP contribution in [0.5, 0.6) is 5.75 Å². The van der Waals surface area contributed by atoms with Gasteiger partial charge in [-0.15, -0.1) is 0 Å². The van der Waals surface area contributed by atoms with Gasteiger partial charge >= 0.3 is 6.03 Å². The standard InChI is InChI=1S/C19H25N3O4/c1-19(2,3)11-15(23)21-9-8-14-16(21)17(24)22(18(25)20-14)12-6-5-7-13(10-12)26-4/h5-7,10,14,16H,8-9,11H2,1-4H3,(H,20,25)/t14-,16+/m1/s1. The molecule has 4 amide bonds. The van der Waals surface area contributed by atoms with Gasteiger partial charge in [0.05, 0.1) is 18.8 Å². The molecule has 2 atom stereocenters. The lowest BCUT2D eigenvalue weighted by atomic mass is 9.91. The molecule has 2 fully saturated rings. The van der Waals surface area contributed by atoms with Gasteiger partial charge in [0.15, 0.2) is 0 Å². The molecule has 1 aromatic rings. The van der Waals surface area contributed by atoms with E-state index in [2.05, 4.69) is 5.32 Å². The van der Waals surface area contributed by atoms with Gasteiger partial charge in [-0.1, -0.05) is 26.8 Å². The summed E-state index contributed by atoms with van der Waals surface area (Å²) in [6.45, 7) is 6.45. The van der Waals surface area contributed by atoms with Crippen LogP contribution in [0.3, 0.4) is 0 Å². The van der Waals surface area contributed by atoms with Crippen LogP contribution < -0.4 is 15.0 Å². The molecule has 0 unspecified atom stereocenters. The Labute approximate surface area is 153 Å². The molecule has 0 bridgehead atoms. The van der Waals surface area contributed by atoms with E-state index >= 15 is 0 Å². The van der Waals surface area contributed by atoms with Crippen molar-refractivity contribution in [2.75, 3.05) is 18.6 Å². The van der Waals surface area contributed by atoms with Crippen molar-refractivity contribution < 1.29 is 19.1 Å². The van der Waals surface area contributed by atoms with Crippen molar-refractivity contribution in [3.8, 4) is 5.75 Å². The van der Waals surface area contributed by atoms with E-state index in [9.17, 15) is 14.4 Å². The Morgan fingerprint density at radius 1 is 1.31 bits per heavy atom. The Balaban J connectivity index is 1.88. The van der Waals surface area contributed by atoms with Crippen molar-refractivity contribution in [3.05, 3.63) is 24.3 Å². The number of imide groups is 1. The summed E-state index contributed by atoms with van der Waals surface area (Å²) in [5, 5.41) is 2.87. The van der Waals surface area contributed by atoms with Gasteiger partial charge in [0.2, 0.25) is 5.91 Å². The molecule has 2 aliphatic rings. The summed E-state index contributed by atoms with van der Waals surface area (Å²) in [6.07, 6.45) is 0.945. The fourth-order valence-corrected chi connectivity index (χ4v) is 3.53. The molecule has 140 valence electrons. The van der Waals surface area contributed by atoms with Gasteiger partial charge in [-0.05, 0) is 24.0 Å². The molecular formula is C19H25N3O4. The van der Waals surface area contributed by atoms with E-state index in [0.29, 0.717) is 30.8 Å². The first-order valence-electron chi connectivity index (χ1n) is 8.79. The number of amides is 4. The Bertz CT molecular complexity index is 741. The first-order valence-corrected chi connectivity index (χ1v) is 8.79. The molecule has 3 rings (SSSR count). The van der Waals surface area contributed by atoms with Crippen LogP contribution in [-0.2, 0) is 9.59 Å². The number of methoxy groups -OCH3 is 1. The number of urea groups is 1. The van der Waals surface area contributed by atoms with E-state index in [1.165, 1.54) is 7.11 Å². The lowest BCUT2D eigenvalue weighted by Crippen LogP contribution is -2.65. The molecular weight excluding hydrogens is 334 g/mol. The zero-order chi connectivity index (χ0) is 19.1. The van der Waals surface area contributed by atoms with Crippen LogP contribution in [0.25, 0.3) is 0 Å². The van der Waals surface area contributed by atoms with Crippen molar-refractivity contribution >= 4 is 23.5 Å². The molecule has 7 heteroatoms. The predicted molar refractivity (Wildman–Crippen MR) is 97.0 cm³/mol. The molecule has 1 N–H and O–H groups in total. The van der Waals surface area contributed by atoms with Crippen LogP contribution in [0.2, 0.25) is 0 Å². The Hall–Kier alpha value is -2.57. The van der Waals surface area contributed by atoms with E-state index in [-0.39, 0.29) is 23.3 Å². The van der Waals surface area contributed by atoms with E-state index in [1.54, 1.807) is 29.2 Å². The summed E-state index contributed by atoms with van der Waals surface area (Å²) in [5.74, 6) is 0.129. The average molecular weight is 359 g/mol. The molecule has 1 aromatic carbocycles. The number of carbonyl (C=O) groups is 3. The summed E-state index contributed by atoms with van der Waals surface area (Å²) in [4.78, 5) is 41.1. The molecule has 2 heterocycles. The predicted octanol–water partition coefficient (Wildman–Crippen LogP) is 2.16. The summed E-state index contributed by atoms with van der Waals surface area (Å²) in [6, 6.07) is 5.32.